The zero-order valence-electron chi connectivity index (χ0n) is 14.5. The molecular formula is C19H21Cl2NO4S. The van der Waals surface area contributed by atoms with Crippen LogP contribution in [0.4, 0.5) is 0 Å². The fraction of sp³-hybridized carbons (Fsp3) is 0.368. The Morgan fingerprint density at radius 1 is 1.00 bits per heavy atom. The minimum Gasteiger partial charge on any atom is -0.490 e. The van der Waals surface area contributed by atoms with E-state index >= 15 is 0 Å². The molecule has 0 aromatic heterocycles. The first-order chi connectivity index (χ1) is 12.7. The third-order valence-corrected chi connectivity index (χ3v) is 7.15. The average molecular weight is 430 g/mol. The molecule has 146 valence electrons. The second-order valence-corrected chi connectivity index (χ2v) is 9.80. The average Bonchev–Trinajstić information content (AvgIpc) is 2.65. The van der Waals surface area contributed by atoms with Crippen LogP contribution < -0.4 is 10.5 Å². The van der Waals surface area contributed by atoms with E-state index in [1.807, 2.05) is 0 Å². The molecule has 0 aliphatic carbocycles. The van der Waals surface area contributed by atoms with Crippen molar-refractivity contribution < 1.29 is 18.3 Å². The van der Waals surface area contributed by atoms with Crippen LogP contribution in [0.3, 0.4) is 0 Å². The molecule has 1 aliphatic rings. The normalized spacial score (nSPS) is 19.4. The number of rotatable bonds is 5. The van der Waals surface area contributed by atoms with Crippen molar-refractivity contribution in [1.82, 2.24) is 0 Å². The van der Waals surface area contributed by atoms with E-state index in [1.165, 1.54) is 0 Å². The molecule has 2 atom stereocenters. The molecule has 2 aromatic carbocycles. The minimum absolute atomic E-state index is 0.109. The lowest BCUT2D eigenvalue weighted by Gasteiger charge is -2.24. The molecule has 5 nitrogen and oxygen atoms in total. The second-order valence-electron chi connectivity index (χ2n) is 6.68. The van der Waals surface area contributed by atoms with E-state index in [1.54, 1.807) is 42.5 Å². The highest BCUT2D eigenvalue weighted by Crippen LogP contribution is 2.32. The topological polar surface area (TPSA) is 89.6 Å². The molecule has 3 N–H and O–H groups in total. The standard InChI is InChI=1S/C19H21Cl2NO4S/c20-16-6-3-13(11-17(16)21)18(22)19(23)12-1-4-14(5-2-12)26-15-7-9-27(24,25)10-8-15/h1-6,11,15,18-19,23H,7-10,22H2/t18-,19+/m0/s1. The fourth-order valence-electron chi connectivity index (χ4n) is 3.03. The van der Waals surface area contributed by atoms with E-state index in [2.05, 4.69) is 0 Å². The van der Waals surface area contributed by atoms with Crippen molar-refractivity contribution in [3.05, 3.63) is 63.6 Å². The van der Waals surface area contributed by atoms with Crippen molar-refractivity contribution in [2.45, 2.75) is 31.1 Å². The Balaban J connectivity index is 1.64. The highest BCUT2D eigenvalue weighted by atomic mass is 35.5. The van der Waals surface area contributed by atoms with Crippen molar-refractivity contribution >= 4 is 33.0 Å². The number of hydrogen-bond acceptors (Lipinski definition) is 5. The number of benzene rings is 2. The van der Waals surface area contributed by atoms with Gasteiger partial charge in [-0.15, -0.1) is 0 Å². The second kappa shape index (κ2) is 8.37. The van der Waals surface area contributed by atoms with Crippen LogP contribution in [0.2, 0.25) is 10.0 Å². The summed E-state index contributed by atoms with van der Waals surface area (Å²) < 4.78 is 28.8. The third kappa shape index (κ3) is 5.15. The summed E-state index contributed by atoms with van der Waals surface area (Å²) in [6.45, 7) is 0. The first-order valence-electron chi connectivity index (χ1n) is 8.61. The largest absolute Gasteiger partial charge is 0.490 e. The summed E-state index contributed by atoms with van der Waals surface area (Å²) in [4.78, 5) is 0. The van der Waals surface area contributed by atoms with E-state index in [-0.39, 0.29) is 17.6 Å². The lowest BCUT2D eigenvalue weighted by molar-refractivity contribution is 0.146. The molecular weight excluding hydrogens is 409 g/mol. The number of halogens is 2. The summed E-state index contributed by atoms with van der Waals surface area (Å²) in [5, 5.41) is 11.4. The van der Waals surface area contributed by atoms with Crippen molar-refractivity contribution in [2.24, 2.45) is 5.73 Å². The lowest BCUT2D eigenvalue weighted by Crippen LogP contribution is -2.30. The zero-order chi connectivity index (χ0) is 19.6. The van der Waals surface area contributed by atoms with Crippen LogP contribution >= 0.6 is 23.2 Å². The van der Waals surface area contributed by atoms with Gasteiger partial charge < -0.3 is 15.6 Å². The Hall–Kier alpha value is -1.31. The Kier molecular flexibility index (Phi) is 6.33. The molecule has 1 saturated heterocycles. The number of ether oxygens (including phenoxy) is 1. The van der Waals surface area contributed by atoms with Crippen LogP contribution in [0, 0.1) is 0 Å². The SMILES string of the molecule is N[C@@H](c1ccc(Cl)c(Cl)c1)[C@H](O)c1ccc(OC2CCS(=O)(=O)CC2)cc1. The maximum absolute atomic E-state index is 11.5. The molecule has 0 radical (unpaired) electrons. The van der Waals surface area contributed by atoms with Crippen LogP contribution in [-0.4, -0.2) is 31.1 Å². The predicted octanol–water partition coefficient (Wildman–Crippen LogP) is 3.68. The van der Waals surface area contributed by atoms with Gasteiger partial charge in [0.15, 0.2) is 9.84 Å². The van der Waals surface area contributed by atoms with Gasteiger partial charge in [0.2, 0.25) is 0 Å². The molecule has 1 aliphatic heterocycles. The number of nitrogens with two attached hydrogens (primary N) is 1. The van der Waals surface area contributed by atoms with Crippen LogP contribution in [-0.2, 0) is 9.84 Å². The van der Waals surface area contributed by atoms with Gasteiger partial charge in [-0.05, 0) is 48.2 Å². The predicted molar refractivity (Wildman–Crippen MR) is 107 cm³/mol. The molecule has 0 bridgehead atoms. The first kappa shape index (κ1) is 20.4. The quantitative estimate of drug-likeness (QED) is 0.756. The molecule has 2 aromatic rings. The Morgan fingerprint density at radius 2 is 1.59 bits per heavy atom. The first-order valence-corrected chi connectivity index (χ1v) is 11.2. The molecule has 1 heterocycles. The van der Waals surface area contributed by atoms with Gasteiger partial charge in [-0.1, -0.05) is 41.4 Å². The van der Waals surface area contributed by atoms with Crippen LogP contribution in [0.15, 0.2) is 42.5 Å². The van der Waals surface area contributed by atoms with Gasteiger partial charge in [0.05, 0.1) is 33.7 Å². The van der Waals surface area contributed by atoms with Crippen LogP contribution in [0.5, 0.6) is 5.75 Å². The summed E-state index contributed by atoms with van der Waals surface area (Å²) in [5.74, 6) is 0.957. The lowest BCUT2D eigenvalue weighted by atomic mass is 9.96. The number of aliphatic hydroxyl groups excluding tert-OH is 1. The van der Waals surface area contributed by atoms with Crippen LogP contribution in [0.1, 0.15) is 36.1 Å². The summed E-state index contributed by atoms with van der Waals surface area (Å²) in [5.41, 5.74) is 7.49. The summed E-state index contributed by atoms with van der Waals surface area (Å²) >= 11 is 11.9. The van der Waals surface area contributed by atoms with Crippen molar-refractivity contribution in [1.29, 1.82) is 0 Å². The van der Waals surface area contributed by atoms with Gasteiger partial charge in [-0.3, -0.25) is 0 Å². The summed E-state index contributed by atoms with van der Waals surface area (Å²) in [6, 6.07) is 11.4. The number of sulfone groups is 1. The molecule has 0 unspecified atom stereocenters. The van der Waals surface area contributed by atoms with E-state index in [0.29, 0.717) is 39.8 Å². The smallest absolute Gasteiger partial charge is 0.150 e. The van der Waals surface area contributed by atoms with E-state index < -0.39 is 22.0 Å². The molecule has 8 heteroatoms. The Morgan fingerprint density at radius 3 is 2.19 bits per heavy atom. The molecule has 0 amide bonds. The van der Waals surface area contributed by atoms with E-state index in [9.17, 15) is 13.5 Å². The molecule has 0 saturated carbocycles. The van der Waals surface area contributed by atoms with Gasteiger partial charge in [0, 0.05) is 0 Å². The molecule has 1 fully saturated rings. The summed E-state index contributed by atoms with van der Waals surface area (Å²) in [6.07, 6.45) is -0.0389. The highest BCUT2D eigenvalue weighted by Gasteiger charge is 2.25. The van der Waals surface area contributed by atoms with Crippen molar-refractivity contribution in [2.75, 3.05) is 11.5 Å². The highest BCUT2D eigenvalue weighted by molar-refractivity contribution is 7.91. The Bertz CT molecular complexity index is 888. The maximum Gasteiger partial charge on any atom is 0.150 e. The van der Waals surface area contributed by atoms with Crippen molar-refractivity contribution in [3.8, 4) is 5.75 Å². The van der Waals surface area contributed by atoms with E-state index in [4.69, 9.17) is 33.7 Å². The van der Waals surface area contributed by atoms with Gasteiger partial charge in [-0.2, -0.15) is 0 Å². The fourth-order valence-corrected chi connectivity index (χ4v) is 4.79. The minimum atomic E-state index is -2.91. The van der Waals surface area contributed by atoms with Gasteiger partial charge in [-0.25, -0.2) is 8.42 Å². The van der Waals surface area contributed by atoms with Crippen molar-refractivity contribution in [3.63, 3.8) is 0 Å². The maximum atomic E-state index is 11.5. The third-order valence-electron chi connectivity index (χ3n) is 4.69. The van der Waals surface area contributed by atoms with Gasteiger partial charge >= 0.3 is 0 Å². The molecule has 0 spiro atoms. The summed E-state index contributed by atoms with van der Waals surface area (Å²) in [7, 11) is -2.91. The molecule has 27 heavy (non-hydrogen) atoms. The monoisotopic (exact) mass is 429 g/mol. The van der Waals surface area contributed by atoms with E-state index in [0.717, 1.165) is 0 Å². The number of aliphatic hydroxyl groups is 1. The Labute approximate surface area is 169 Å². The zero-order valence-corrected chi connectivity index (χ0v) is 16.8. The van der Waals surface area contributed by atoms with Crippen LogP contribution in [0.25, 0.3) is 0 Å². The molecule has 3 rings (SSSR count). The van der Waals surface area contributed by atoms with Gasteiger partial charge in [0.25, 0.3) is 0 Å². The van der Waals surface area contributed by atoms with Gasteiger partial charge in [0.1, 0.15) is 11.9 Å². The number of hydrogen-bond donors (Lipinski definition) is 2.